The third-order valence-corrected chi connectivity index (χ3v) is 7.17. The van der Waals surface area contributed by atoms with Gasteiger partial charge in [0.05, 0.1) is 17.5 Å². The maximum atomic E-state index is 12.7. The Kier molecular flexibility index (Phi) is 4.71. The Morgan fingerprint density at radius 2 is 1.83 bits per heavy atom. The highest BCUT2D eigenvalue weighted by molar-refractivity contribution is 7.91. The number of carbonyl (C=O) groups excluding carboxylic acids is 1. The van der Waals surface area contributed by atoms with Crippen LogP contribution in [0, 0.1) is 13.8 Å². The minimum Gasteiger partial charge on any atom is -0.336 e. The molecule has 0 unspecified atom stereocenters. The number of benzene rings is 1. The molecule has 2 atom stereocenters. The Bertz CT molecular complexity index is 745. The number of carbonyl (C=O) groups is 1. The fourth-order valence-electron chi connectivity index (χ4n) is 3.79. The predicted octanol–water partition coefficient (Wildman–Crippen LogP) is 1.18. The van der Waals surface area contributed by atoms with Crippen molar-refractivity contribution in [2.24, 2.45) is 0 Å². The summed E-state index contributed by atoms with van der Waals surface area (Å²) in [4.78, 5) is 16.6. The van der Waals surface area contributed by atoms with E-state index in [4.69, 9.17) is 0 Å². The fraction of sp³-hybridized carbons (Fsp3) is 0.611. The molecule has 1 aromatic rings. The van der Waals surface area contributed by atoms with E-state index in [9.17, 15) is 13.2 Å². The van der Waals surface area contributed by atoms with Gasteiger partial charge in [0.15, 0.2) is 9.84 Å². The quantitative estimate of drug-likeness (QED) is 0.821. The van der Waals surface area contributed by atoms with Crippen molar-refractivity contribution < 1.29 is 13.2 Å². The summed E-state index contributed by atoms with van der Waals surface area (Å²) in [7, 11) is -1.09. The van der Waals surface area contributed by atoms with E-state index in [2.05, 4.69) is 36.9 Å². The van der Waals surface area contributed by atoms with E-state index in [1.54, 1.807) is 0 Å². The van der Waals surface area contributed by atoms with Gasteiger partial charge >= 0.3 is 0 Å². The van der Waals surface area contributed by atoms with Crippen molar-refractivity contribution in [1.82, 2.24) is 9.80 Å². The van der Waals surface area contributed by atoms with E-state index in [0.29, 0.717) is 19.4 Å². The third-order valence-electron chi connectivity index (χ3n) is 5.47. The van der Waals surface area contributed by atoms with Gasteiger partial charge in [-0.15, -0.1) is 0 Å². The number of rotatable bonds is 3. The monoisotopic (exact) mass is 350 g/mol. The normalized spacial score (nSPS) is 26.4. The molecule has 0 aliphatic carbocycles. The summed E-state index contributed by atoms with van der Waals surface area (Å²) in [6.07, 6.45) is 1.14. The lowest BCUT2D eigenvalue weighted by molar-refractivity contribution is -0.136. The first-order valence-electron chi connectivity index (χ1n) is 8.53. The predicted molar refractivity (Wildman–Crippen MR) is 94.8 cm³/mol. The van der Waals surface area contributed by atoms with Crippen LogP contribution in [0.15, 0.2) is 18.2 Å². The number of hydrogen-bond donors (Lipinski definition) is 0. The summed E-state index contributed by atoms with van der Waals surface area (Å²) in [5.41, 5.74) is 3.65. The number of piperazine rings is 1. The van der Waals surface area contributed by atoms with Crippen LogP contribution in [0.5, 0.6) is 0 Å². The van der Waals surface area contributed by atoms with Gasteiger partial charge in [-0.1, -0.05) is 18.2 Å². The summed E-state index contributed by atoms with van der Waals surface area (Å²) in [5, 5.41) is 0. The van der Waals surface area contributed by atoms with Gasteiger partial charge in [0.1, 0.15) is 0 Å². The molecule has 2 saturated heterocycles. The first-order chi connectivity index (χ1) is 11.3. The minimum atomic E-state index is -3.04. The molecule has 3 rings (SSSR count). The standard InChI is InChI=1S/C18H26N2O3S/c1-13-4-5-15(10-14(13)2)6-7-18(21)20-9-8-19(3)16-11-24(22,23)12-17(16)20/h4-5,10,16-17H,6-9,11-12H2,1-3H3/t16-,17+/m0/s1. The van der Waals surface area contributed by atoms with Crippen LogP contribution in [-0.4, -0.2) is 67.9 Å². The zero-order valence-corrected chi connectivity index (χ0v) is 15.5. The molecule has 0 spiro atoms. The van der Waals surface area contributed by atoms with Gasteiger partial charge in [0.2, 0.25) is 5.91 Å². The lowest BCUT2D eigenvalue weighted by Gasteiger charge is -2.42. The highest BCUT2D eigenvalue weighted by Gasteiger charge is 2.46. The lowest BCUT2D eigenvalue weighted by Crippen LogP contribution is -2.59. The van der Waals surface area contributed by atoms with Crippen molar-refractivity contribution in [3.8, 4) is 0 Å². The molecule has 1 aromatic carbocycles. The van der Waals surface area contributed by atoms with Crippen LogP contribution in [0.1, 0.15) is 23.1 Å². The Morgan fingerprint density at radius 1 is 1.12 bits per heavy atom. The summed E-state index contributed by atoms with van der Waals surface area (Å²) < 4.78 is 24.0. The summed E-state index contributed by atoms with van der Waals surface area (Å²) in [5.74, 6) is 0.361. The van der Waals surface area contributed by atoms with Crippen LogP contribution in [0.25, 0.3) is 0 Å². The first-order valence-corrected chi connectivity index (χ1v) is 10.4. The molecule has 1 amide bonds. The molecule has 2 fully saturated rings. The van der Waals surface area contributed by atoms with Crippen LogP contribution in [-0.2, 0) is 21.1 Å². The average Bonchev–Trinajstić information content (AvgIpc) is 2.84. The molecule has 24 heavy (non-hydrogen) atoms. The molecule has 2 aliphatic heterocycles. The molecule has 0 N–H and O–H groups in total. The second kappa shape index (κ2) is 6.48. The lowest BCUT2D eigenvalue weighted by atomic mass is 10.0. The van der Waals surface area contributed by atoms with Crippen molar-refractivity contribution in [2.75, 3.05) is 31.6 Å². The smallest absolute Gasteiger partial charge is 0.223 e. The Morgan fingerprint density at radius 3 is 2.54 bits per heavy atom. The van der Waals surface area contributed by atoms with Crippen LogP contribution >= 0.6 is 0 Å². The van der Waals surface area contributed by atoms with E-state index in [-0.39, 0.29) is 29.5 Å². The SMILES string of the molecule is Cc1ccc(CCC(=O)N2CCN(C)[C@H]3CS(=O)(=O)C[C@H]32)cc1C. The van der Waals surface area contributed by atoms with E-state index >= 15 is 0 Å². The third kappa shape index (κ3) is 3.49. The molecule has 0 aromatic heterocycles. The molecule has 0 radical (unpaired) electrons. The van der Waals surface area contributed by atoms with E-state index < -0.39 is 9.84 Å². The number of fused-ring (bicyclic) bond motifs is 1. The maximum Gasteiger partial charge on any atom is 0.223 e. The fourth-order valence-corrected chi connectivity index (χ4v) is 5.85. The highest BCUT2D eigenvalue weighted by Crippen LogP contribution is 2.26. The topological polar surface area (TPSA) is 57.7 Å². The molecule has 5 nitrogen and oxygen atoms in total. The highest BCUT2D eigenvalue weighted by atomic mass is 32.2. The van der Waals surface area contributed by atoms with Gasteiger partial charge in [-0.05, 0) is 44.0 Å². The van der Waals surface area contributed by atoms with Gasteiger partial charge < -0.3 is 4.90 Å². The number of hydrogen-bond acceptors (Lipinski definition) is 4. The molecule has 6 heteroatoms. The van der Waals surface area contributed by atoms with Gasteiger partial charge in [-0.3, -0.25) is 9.69 Å². The molecular weight excluding hydrogens is 324 g/mol. The summed E-state index contributed by atoms with van der Waals surface area (Å²) in [6.45, 7) is 5.52. The van der Waals surface area contributed by atoms with Crippen molar-refractivity contribution in [1.29, 1.82) is 0 Å². The molecule has 2 heterocycles. The van der Waals surface area contributed by atoms with Crippen molar-refractivity contribution >= 4 is 15.7 Å². The van der Waals surface area contributed by atoms with E-state index in [0.717, 1.165) is 12.1 Å². The van der Waals surface area contributed by atoms with Crippen LogP contribution in [0.3, 0.4) is 0 Å². The number of nitrogens with zero attached hydrogens (tertiary/aromatic N) is 2. The van der Waals surface area contributed by atoms with Crippen LogP contribution in [0.4, 0.5) is 0 Å². The van der Waals surface area contributed by atoms with Gasteiger partial charge in [-0.25, -0.2) is 8.42 Å². The molecule has 0 bridgehead atoms. The van der Waals surface area contributed by atoms with E-state index in [1.807, 2.05) is 11.9 Å². The van der Waals surface area contributed by atoms with Crippen molar-refractivity contribution in [3.63, 3.8) is 0 Å². The maximum absolute atomic E-state index is 12.7. The zero-order valence-electron chi connectivity index (χ0n) is 14.7. The second-order valence-corrected chi connectivity index (χ2v) is 9.35. The first kappa shape index (κ1) is 17.4. The van der Waals surface area contributed by atoms with E-state index in [1.165, 1.54) is 11.1 Å². The van der Waals surface area contributed by atoms with Crippen molar-refractivity contribution in [2.45, 2.75) is 38.8 Å². The Hall–Kier alpha value is -1.40. The molecular formula is C18H26N2O3S. The largest absolute Gasteiger partial charge is 0.336 e. The number of amides is 1. The van der Waals surface area contributed by atoms with Gasteiger partial charge in [0.25, 0.3) is 0 Å². The number of aryl methyl sites for hydroxylation is 3. The number of likely N-dealkylation sites (N-methyl/N-ethyl adjacent to an activating group) is 1. The molecule has 0 saturated carbocycles. The van der Waals surface area contributed by atoms with Crippen LogP contribution < -0.4 is 0 Å². The van der Waals surface area contributed by atoms with Crippen LogP contribution in [0.2, 0.25) is 0 Å². The van der Waals surface area contributed by atoms with Crippen molar-refractivity contribution in [3.05, 3.63) is 34.9 Å². The molecule has 2 aliphatic rings. The Balaban J connectivity index is 1.67. The second-order valence-electron chi connectivity index (χ2n) is 7.20. The average molecular weight is 350 g/mol. The minimum absolute atomic E-state index is 0.0469. The molecule has 132 valence electrons. The van der Waals surface area contributed by atoms with Gasteiger partial charge in [-0.2, -0.15) is 0 Å². The zero-order chi connectivity index (χ0) is 17.5. The number of sulfone groups is 1. The Labute approximate surface area is 144 Å². The summed E-state index contributed by atoms with van der Waals surface area (Å²) >= 11 is 0. The van der Waals surface area contributed by atoms with Gasteiger partial charge in [0, 0.05) is 25.6 Å². The summed E-state index contributed by atoms with van der Waals surface area (Å²) in [6, 6.07) is 6.07.